The van der Waals surface area contributed by atoms with Crippen LogP contribution in [0.1, 0.15) is 31.7 Å². The van der Waals surface area contributed by atoms with Gasteiger partial charge in [-0.05, 0) is 43.5 Å². The molecule has 0 aromatic heterocycles. The molecule has 2 heterocycles. The lowest BCUT2D eigenvalue weighted by Gasteiger charge is -2.27. The molecule has 3 rings (SSSR count). The Labute approximate surface area is 192 Å². The van der Waals surface area contributed by atoms with Gasteiger partial charge in [0.05, 0.1) is 23.5 Å². The van der Waals surface area contributed by atoms with Crippen LogP contribution in [0, 0.1) is 0 Å². The minimum atomic E-state index is -3.05. The van der Waals surface area contributed by atoms with E-state index in [2.05, 4.69) is 0 Å². The normalized spacial score (nSPS) is 21.7. The van der Waals surface area contributed by atoms with E-state index in [1.807, 2.05) is 31.2 Å². The van der Waals surface area contributed by atoms with Crippen molar-refractivity contribution in [3.63, 3.8) is 0 Å². The molecule has 1 atom stereocenters. The SMILES string of the molecule is CCN(C(=O)CCCN1C(=O)/C(=C/c2ccc(OC)cc2)SC1=S)[C@H]1CCS(=O)(=O)C1. The Morgan fingerprint density at radius 2 is 2.06 bits per heavy atom. The lowest BCUT2D eigenvalue weighted by molar-refractivity contribution is -0.133. The Kier molecular flexibility index (Phi) is 7.77. The fourth-order valence-corrected chi connectivity index (χ4v) is 6.77. The van der Waals surface area contributed by atoms with Gasteiger partial charge in [-0.1, -0.05) is 36.1 Å². The molecule has 0 radical (unpaired) electrons. The van der Waals surface area contributed by atoms with Gasteiger partial charge in [0.25, 0.3) is 5.91 Å². The Morgan fingerprint density at radius 1 is 1.35 bits per heavy atom. The van der Waals surface area contributed by atoms with Gasteiger partial charge in [-0.15, -0.1) is 0 Å². The highest BCUT2D eigenvalue weighted by atomic mass is 32.2. The first kappa shape index (κ1) is 23.7. The van der Waals surface area contributed by atoms with Crippen molar-refractivity contribution >= 4 is 56.0 Å². The maximum absolute atomic E-state index is 12.8. The Bertz CT molecular complexity index is 989. The Balaban J connectivity index is 1.55. The van der Waals surface area contributed by atoms with Gasteiger partial charge in [0, 0.05) is 25.6 Å². The molecule has 0 aliphatic carbocycles. The van der Waals surface area contributed by atoms with Crippen LogP contribution >= 0.6 is 24.0 Å². The molecule has 2 aliphatic heterocycles. The molecule has 2 saturated heterocycles. The molecule has 168 valence electrons. The van der Waals surface area contributed by atoms with Crippen LogP contribution in [0.15, 0.2) is 29.2 Å². The average molecular weight is 483 g/mol. The number of rotatable bonds is 8. The predicted octanol–water partition coefficient (Wildman–Crippen LogP) is 2.71. The number of methoxy groups -OCH3 is 1. The van der Waals surface area contributed by atoms with E-state index in [1.165, 1.54) is 16.7 Å². The average Bonchev–Trinajstić information content (AvgIpc) is 3.22. The lowest BCUT2D eigenvalue weighted by Crippen LogP contribution is -2.41. The smallest absolute Gasteiger partial charge is 0.266 e. The molecule has 0 N–H and O–H groups in total. The van der Waals surface area contributed by atoms with Gasteiger partial charge in [0.15, 0.2) is 9.84 Å². The van der Waals surface area contributed by atoms with Crippen molar-refractivity contribution < 1.29 is 22.7 Å². The quantitative estimate of drug-likeness (QED) is 0.416. The van der Waals surface area contributed by atoms with Gasteiger partial charge in [-0.2, -0.15) is 0 Å². The van der Waals surface area contributed by atoms with Crippen LogP contribution in [0.4, 0.5) is 0 Å². The number of benzene rings is 1. The first-order chi connectivity index (χ1) is 14.7. The molecule has 1 aromatic carbocycles. The van der Waals surface area contributed by atoms with Crippen molar-refractivity contribution in [1.82, 2.24) is 9.80 Å². The number of thioether (sulfide) groups is 1. The number of hydrogen-bond acceptors (Lipinski definition) is 7. The van der Waals surface area contributed by atoms with Gasteiger partial charge in [-0.3, -0.25) is 14.5 Å². The van der Waals surface area contributed by atoms with Crippen LogP contribution in [0.25, 0.3) is 6.08 Å². The van der Waals surface area contributed by atoms with Crippen molar-refractivity contribution in [2.45, 2.75) is 32.2 Å². The summed E-state index contributed by atoms with van der Waals surface area (Å²) in [7, 11) is -1.45. The molecule has 0 saturated carbocycles. The summed E-state index contributed by atoms with van der Waals surface area (Å²) in [5.41, 5.74) is 0.876. The van der Waals surface area contributed by atoms with E-state index >= 15 is 0 Å². The van der Waals surface area contributed by atoms with Gasteiger partial charge >= 0.3 is 0 Å². The zero-order valence-electron chi connectivity index (χ0n) is 17.6. The monoisotopic (exact) mass is 482 g/mol. The Hall–Kier alpha value is -1.91. The largest absolute Gasteiger partial charge is 0.497 e. The summed E-state index contributed by atoms with van der Waals surface area (Å²) < 4.78 is 29.1. The number of ether oxygens (including phenoxy) is 1. The first-order valence-electron chi connectivity index (χ1n) is 10.1. The van der Waals surface area contributed by atoms with E-state index in [9.17, 15) is 18.0 Å². The number of sulfone groups is 1. The summed E-state index contributed by atoms with van der Waals surface area (Å²) in [5, 5.41) is 0. The van der Waals surface area contributed by atoms with Gasteiger partial charge in [-0.25, -0.2) is 8.42 Å². The van der Waals surface area contributed by atoms with Crippen LogP contribution in [0.2, 0.25) is 0 Å². The van der Waals surface area contributed by atoms with Crippen molar-refractivity contribution in [3.8, 4) is 5.75 Å². The van der Waals surface area contributed by atoms with Crippen LogP contribution < -0.4 is 4.74 Å². The molecule has 10 heteroatoms. The molecule has 7 nitrogen and oxygen atoms in total. The van der Waals surface area contributed by atoms with E-state index in [4.69, 9.17) is 17.0 Å². The second kappa shape index (κ2) is 10.1. The van der Waals surface area contributed by atoms with E-state index < -0.39 is 9.84 Å². The van der Waals surface area contributed by atoms with Gasteiger partial charge < -0.3 is 9.64 Å². The van der Waals surface area contributed by atoms with Crippen LogP contribution in [0.5, 0.6) is 5.75 Å². The zero-order chi connectivity index (χ0) is 22.6. The van der Waals surface area contributed by atoms with E-state index in [1.54, 1.807) is 18.1 Å². The number of amides is 2. The molecule has 2 amide bonds. The number of carbonyl (C=O) groups excluding carboxylic acids is 2. The minimum absolute atomic E-state index is 0.0391. The van der Waals surface area contributed by atoms with Gasteiger partial charge in [0.1, 0.15) is 10.1 Å². The van der Waals surface area contributed by atoms with Crippen molar-refractivity contribution in [3.05, 3.63) is 34.7 Å². The number of nitrogens with zero attached hydrogens (tertiary/aromatic N) is 2. The van der Waals surface area contributed by atoms with E-state index in [-0.39, 0.29) is 35.8 Å². The summed E-state index contributed by atoms with van der Waals surface area (Å²) in [6.45, 7) is 2.69. The third-order valence-corrected chi connectivity index (χ3v) is 8.50. The molecular formula is C21H26N2O5S3. The molecule has 0 spiro atoms. The summed E-state index contributed by atoms with van der Waals surface area (Å²) in [6, 6.07) is 7.14. The summed E-state index contributed by atoms with van der Waals surface area (Å²) >= 11 is 6.61. The second-order valence-electron chi connectivity index (χ2n) is 7.45. The first-order valence-corrected chi connectivity index (χ1v) is 13.2. The van der Waals surface area contributed by atoms with Crippen LogP contribution in [-0.4, -0.2) is 72.1 Å². The third-order valence-electron chi connectivity index (χ3n) is 5.37. The minimum Gasteiger partial charge on any atom is -0.497 e. The molecule has 0 bridgehead atoms. The van der Waals surface area contributed by atoms with Gasteiger partial charge in [0.2, 0.25) is 5.91 Å². The summed E-state index contributed by atoms with van der Waals surface area (Å²) in [4.78, 5) is 29.1. The van der Waals surface area contributed by atoms with E-state index in [0.717, 1.165) is 11.3 Å². The third kappa shape index (κ3) is 5.87. The second-order valence-corrected chi connectivity index (χ2v) is 11.4. The number of hydrogen-bond donors (Lipinski definition) is 0. The molecule has 0 unspecified atom stereocenters. The van der Waals surface area contributed by atoms with Crippen LogP contribution in [0.3, 0.4) is 0 Å². The van der Waals surface area contributed by atoms with Crippen molar-refractivity contribution in [1.29, 1.82) is 0 Å². The highest BCUT2D eigenvalue weighted by Crippen LogP contribution is 2.33. The van der Waals surface area contributed by atoms with E-state index in [0.29, 0.717) is 35.2 Å². The van der Waals surface area contributed by atoms with Crippen LogP contribution in [-0.2, 0) is 19.4 Å². The molecule has 2 aliphatic rings. The Morgan fingerprint density at radius 3 is 2.65 bits per heavy atom. The number of carbonyl (C=O) groups is 2. The zero-order valence-corrected chi connectivity index (χ0v) is 20.0. The summed E-state index contributed by atoms with van der Waals surface area (Å²) in [6.07, 6.45) is 3.01. The molecule has 2 fully saturated rings. The highest BCUT2D eigenvalue weighted by molar-refractivity contribution is 8.26. The fourth-order valence-electron chi connectivity index (χ4n) is 3.74. The standard InChI is InChI=1S/C21H26N2O5S3/c1-3-22(16-10-12-31(26,27)14-16)19(24)5-4-11-23-20(25)18(30-21(23)29)13-15-6-8-17(28-2)9-7-15/h6-9,13,16H,3-5,10-12,14H2,1-2H3/b18-13-/t16-/m0/s1. The summed E-state index contributed by atoms with van der Waals surface area (Å²) in [5.74, 6) is 0.678. The topological polar surface area (TPSA) is 84.0 Å². The highest BCUT2D eigenvalue weighted by Gasteiger charge is 2.34. The molecule has 1 aromatic rings. The van der Waals surface area contributed by atoms with Crippen molar-refractivity contribution in [2.24, 2.45) is 0 Å². The fraction of sp³-hybridized carbons (Fsp3) is 0.476. The molecular weight excluding hydrogens is 456 g/mol. The maximum Gasteiger partial charge on any atom is 0.266 e. The predicted molar refractivity (Wildman–Crippen MR) is 127 cm³/mol. The molecule has 31 heavy (non-hydrogen) atoms. The maximum atomic E-state index is 12.8. The lowest BCUT2D eigenvalue weighted by atomic mass is 10.2. The van der Waals surface area contributed by atoms with Crippen molar-refractivity contribution in [2.75, 3.05) is 31.7 Å². The number of thiocarbonyl (C=S) groups is 1.